The van der Waals surface area contributed by atoms with Crippen LogP contribution in [0.5, 0.6) is 5.95 Å². The number of anilines is 1. The van der Waals surface area contributed by atoms with E-state index >= 15 is 0 Å². The highest BCUT2D eigenvalue weighted by molar-refractivity contribution is 6.00. The number of nitrogens with two attached hydrogens (primary N) is 1. The van der Waals surface area contributed by atoms with Gasteiger partial charge in [0.2, 0.25) is 0 Å². The van der Waals surface area contributed by atoms with E-state index in [1.807, 2.05) is 12.1 Å². The topological polar surface area (TPSA) is 72.5 Å². The van der Waals surface area contributed by atoms with E-state index in [2.05, 4.69) is 0 Å². The number of benzene rings is 1. The average Bonchev–Trinajstić information content (AvgIpc) is 2.70. The first kappa shape index (κ1) is 7.32. The Labute approximate surface area is 78.5 Å². The van der Waals surface area contributed by atoms with Crippen molar-refractivity contribution in [2.75, 3.05) is 5.73 Å². The molecule has 0 aliphatic rings. The molecular weight excluding hydrogens is 182 g/mol. The van der Waals surface area contributed by atoms with Gasteiger partial charge < -0.3 is 19.7 Å². The van der Waals surface area contributed by atoms with Crippen LogP contribution in [0.15, 0.2) is 33.3 Å². The molecule has 14 heavy (non-hydrogen) atoms. The van der Waals surface area contributed by atoms with Crippen LogP contribution in [0, 0.1) is 0 Å². The smallest absolute Gasteiger partial charge is 0.307 e. The van der Waals surface area contributed by atoms with E-state index in [0.717, 1.165) is 5.39 Å². The van der Waals surface area contributed by atoms with Gasteiger partial charge in [0.1, 0.15) is 16.9 Å². The van der Waals surface area contributed by atoms with Gasteiger partial charge in [-0.2, -0.15) is 0 Å². The van der Waals surface area contributed by atoms with Gasteiger partial charge in [-0.25, -0.2) is 0 Å². The van der Waals surface area contributed by atoms with Crippen LogP contribution in [0.4, 0.5) is 5.69 Å². The first-order chi connectivity index (χ1) is 6.75. The van der Waals surface area contributed by atoms with Crippen LogP contribution in [0.3, 0.4) is 0 Å². The Morgan fingerprint density at radius 2 is 2.07 bits per heavy atom. The first-order valence-electron chi connectivity index (χ1n) is 4.14. The van der Waals surface area contributed by atoms with E-state index in [1.165, 1.54) is 0 Å². The third-order valence-corrected chi connectivity index (χ3v) is 2.28. The molecule has 2 heterocycles. The molecular formula is C10H7NO3. The molecule has 0 aliphatic heterocycles. The first-order valence-corrected chi connectivity index (χ1v) is 4.14. The number of rotatable bonds is 0. The van der Waals surface area contributed by atoms with E-state index < -0.39 is 0 Å². The summed E-state index contributed by atoms with van der Waals surface area (Å²) in [5, 5.41) is 10.9. The van der Waals surface area contributed by atoms with Crippen LogP contribution in [0.2, 0.25) is 0 Å². The summed E-state index contributed by atoms with van der Waals surface area (Å²) in [5.74, 6) is -0.243. The fourth-order valence-electron chi connectivity index (χ4n) is 1.56. The lowest BCUT2D eigenvalue weighted by Crippen LogP contribution is -1.80. The van der Waals surface area contributed by atoms with Gasteiger partial charge in [-0.3, -0.25) is 0 Å². The van der Waals surface area contributed by atoms with Crippen molar-refractivity contribution in [1.82, 2.24) is 0 Å². The van der Waals surface area contributed by atoms with Crippen molar-refractivity contribution in [3.63, 3.8) is 0 Å². The minimum absolute atomic E-state index is 0.243. The normalized spacial score (nSPS) is 11.4. The molecule has 0 bridgehead atoms. The molecule has 3 N–H and O–H groups in total. The molecule has 0 saturated carbocycles. The number of furan rings is 2. The van der Waals surface area contributed by atoms with Gasteiger partial charge in [-0.1, -0.05) is 0 Å². The van der Waals surface area contributed by atoms with Crippen LogP contribution < -0.4 is 5.73 Å². The molecule has 3 rings (SSSR count). The van der Waals surface area contributed by atoms with Crippen molar-refractivity contribution in [3.05, 3.63) is 24.5 Å². The van der Waals surface area contributed by atoms with Gasteiger partial charge in [0.05, 0.1) is 6.26 Å². The molecule has 0 atom stereocenters. The van der Waals surface area contributed by atoms with Gasteiger partial charge in [0.15, 0.2) is 0 Å². The van der Waals surface area contributed by atoms with Crippen LogP contribution in [-0.4, -0.2) is 5.11 Å². The van der Waals surface area contributed by atoms with Crippen molar-refractivity contribution in [1.29, 1.82) is 0 Å². The average molecular weight is 189 g/mol. The van der Waals surface area contributed by atoms with Crippen molar-refractivity contribution in [2.24, 2.45) is 0 Å². The zero-order valence-corrected chi connectivity index (χ0v) is 7.15. The molecule has 4 heteroatoms. The zero-order chi connectivity index (χ0) is 9.71. The highest BCUT2D eigenvalue weighted by Crippen LogP contribution is 2.35. The summed E-state index contributed by atoms with van der Waals surface area (Å²) in [7, 11) is 0. The highest BCUT2D eigenvalue weighted by atomic mass is 16.5. The second-order valence-corrected chi connectivity index (χ2v) is 3.13. The molecule has 3 aromatic rings. The summed E-state index contributed by atoms with van der Waals surface area (Å²) < 4.78 is 10.2. The summed E-state index contributed by atoms with van der Waals surface area (Å²) in [6, 6.07) is 5.37. The number of nitrogen functional groups attached to an aromatic ring is 1. The van der Waals surface area contributed by atoms with Crippen LogP contribution in [0.1, 0.15) is 0 Å². The lowest BCUT2D eigenvalue weighted by atomic mass is 10.2. The van der Waals surface area contributed by atoms with Gasteiger partial charge in [0.25, 0.3) is 0 Å². The van der Waals surface area contributed by atoms with E-state index in [9.17, 15) is 5.11 Å². The predicted octanol–water partition coefficient (Wildman–Crippen LogP) is 2.47. The third kappa shape index (κ3) is 0.771. The molecule has 0 amide bonds. The Morgan fingerprint density at radius 1 is 1.21 bits per heavy atom. The molecule has 0 spiro atoms. The number of fused-ring (bicyclic) bond motifs is 2. The Hall–Kier alpha value is -2.10. The van der Waals surface area contributed by atoms with Crippen molar-refractivity contribution in [3.8, 4) is 5.95 Å². The minimum atomic E-state index is -0.243. The second kappa shape index (κ2) is 2.23. The maximum atomic E-state index is 9.27. The Bertz CT molecular complexity index is 621. The summed E-state index contributed by atoms with van der Waals surface area (Å²) in [5.41, 5.74) is 7.13. The molecule has 70 valence electrons. The highest BCUT2D eigenvalue weighted by Gasteiger charge is 2.11. The maximum Gasteiger partial charge on any atom is 0.307 e. The Kier molecular flexibility index (Phi) is 1.16. The van der Waals surface area contributed by atoms with Gasteiger partial charge in [0, 0.05) is 16.8 Å². The van der Waals surface area contributed by atoms with E-state index in [1.54, 1.807) is 12.3 Å². The van der Waals surface area contributed by atoms with E-state index in [-0.39, 0.29) is 11.6 Å². The summed E-state index contributed by atoms with van der Waals surface area (Å²) in [6.07, 6.45) is 1.60. The minimum Gasteiger partial charge on any atom is -0.479 e. The fourth-order valence-corrected chi connectivity index (χ4v) is 1.56. The molecule has 0 aliphatic carbocycles. The van der Waals surface area contributed by atoms with Gasteiger partial charge in [-0.05, 0) is 12.1 Å². The maximum absolute atomic E-state index is 9.27. The van der Waals surface area contributed by atoms with Crippen molar-refractivity contribution < 1.29 is 13.9 Å². The van der Waals surface area contributed by atoms with E-state index in [0.29, 0.717) is 16.6 Å². The SMILES string of the molecule is Nc1c(O)oc2cc3occc3cc12. The Morgan fingerprint density at radius 3 is 2.93 bits per heavy atom. The van der Waals surface area contributed by atoms with Crippen LogP contribution in [0.25, 0.3) is 21.9 Å². The monoisotopic (exact) mass is 189 g/mol. The lowest BCUT2D eigenvalue weighted by molar-refractivity contribution is 0.349. The summed E-state index contributed by atoms with van der Waals surface area (Å²) >= 11 is 0. The number of hydrogen-bond acceptors (Lipinski definition) is 4. The summed E-state index contributed by atoms with van der Waals surface area (Å²) in [4.78, 5) is 0. The molecule has 0 saturated heterocycles. The molecule has 4 nitrogen and oxygen atoms in total. The molecule has 1 aromatic carbocycles. The van der Waals surface area contributed by atoms with Crippen LogP contribution in [-0.2, 0) is 0 Å². The Balaban J connectivity index is 2.56. The van der Waals surface area contributed by atoms with Crippen LogP contribution >= 0.6 is 0 Å². The quantitative estimate of drug-likeness (QED) is 0.569. The number of hydrogen-bond donors (Lipinski definition) is 2. The van der Waals surface area contributed by atoms with Crippen molar-refractivity contribution in [2.45, 2.75) is 0 Å². The molecule has 0 radical (unpaired) electrons. The predicted molar refractivity (Wildman–Crippen MR) is 52.1 cm³/mol. The second-order valence-electron chi connectivity index (χ2n) is 3.13. The zero-order valence-electron chi connectivity index (χ0n) is 7.15. The number of aromatic hydroxyl groups is 1. The van der Waals surface area contributed by atoms with E-state index in [4.69, 9.17) is 14.6 Å². The lowest BCUT2D eigenvalue weighted by Gasteiger charge is -1.89. The summed E-state index contributed by atoms with van der Waals surface area (Å²) in [6.45, 7) is 0. The standard InChI is InChI=1S/C10H7NO3/c11-9-6-3-5-1-2-13-7(5)4-8(6)14-10(9)12/h1-4,12H,11H2. The third-order valence-electron chi connectivity index (χ3n) is 2.28. The van der Waals surface area contributed by atoms with Crippen molar-refractivity contribution >= 4 is 27.6 Å². The molecule has 0 fully saturated rings. The molecule has 2 aromatic heterocycles. The van der Waals surface area contributed by atoms with Gasteiger partial charge in [-0.15, -0.1) is 0 Å². The molecule has 0 unspecified atom stereocenters. The fraction of sp³-hybridized carbons (Fsp3) is 0. The largest absolute Gasteiger partial charge is 0.479 e. The van der Waals surface area contributed by atoms with Gasteiger partial charge >= 0.3 is 5.95 Å².